The van der Waals surface area contributed by atoms with Gasteiger partial charge in [0, 0.05) is 37.3 Å². The van der Waals surface area contributed by atoms with Crippen LogP contribution in [0.2, 0.25) is 0 Å². The Kier molecular flexibility index (Phi) is 6.90. The number of aromatic hydroxyl groups is 1. The second kappa shape index (κ2) is 9.78. The summed E-state index contributed by atoms with van der Waals surface area (Å²) >= 11 is 0. The lowest BCUT2D eigenvalue weighted by Gasteiger charge is -2.22. The van der Waals surface area contributed by atoms with Gasteiger partial charge in [0.25, 0.3) is 11.8 Å². The first-order valence-electron chi connectivity index (χ1n) is 9.80. The zero-order valence-electron chi connectivity index (χ0n) is 16.7. The Labute approximate surface area is 174 Å². The molecule has 0 spiro atoms. The molecule has 2 aromatic rings. The number of phenolic OH excluding ortho intramolecular Hbond substituents is 1. The molecule has 1 saturated heterocycles. The van der Waals surface area contributed by atoms with E-state index in [9.17, 15) is 19.5 Å². The number of hydrogen-bond donors (Lipinski definition) is 1. The van der Waals surface area contributed by atoms with Gasteiger partial charge >= 0.3 is 6.16 Å². The maximum absolute atomic E-state index is 12.8. The van der Waals surface area contributed by atoms with Gasteiger partial charge in [-0.2, -0.15) is 0 Å². The highest BCUT2D eigenvalue weighted by molar-refractivity contribution is 5.95. The number of nitrogens with zero attached hydrogens (tertiary/aromatic N) is 2. The van der Waals surface area contributed by atoms with Crippen LogP contribution in [0.3, 0.4) is 0 Å². The molecule has 158 valence electrons. The van der Waals surface area contributed by atoms with Gasteiger partial charge in [-0.3, -0.25) is 9.59 Å². The number of rotatable bonds is 4. The van der Waals surface area contributed by atoms with Crippen molar-refractivity contribution in [3.63, 3.8) is 0 Å². The van der Waals surface area contributed by atoms with E-state index in [0.717, 1.165) is 0 Å². The lowest BCUT2D eigenvalue weighted by Crippen LogP contribution is -2.37. The van der Waals surface area contributed by atoms with Crippen molar-refractivity contribution in [2.75, 3.05) is 32.8 Å². The van der Waals surface area contributed by atoms with Gasteiger partial charge in [-0.15, -0.1) is 0 Å². The molecule has 0 unspecified atom stereocenters. The molecule has 2 aromatic carbocycles. The van der Waals surface area contributed by atoms with Crippen molar-refractivity contribution in [2.45, 2.75) is 13.3 Å². The molecule has 0 aliphatic carbocycles. The van der Waals surface area contributed by atoms with E-state index in [-0.39, 0.29) is 24.2 Å². The third-order valence-electron chi connectivity index (χ3n) is 4.73. The summed E-state index contributed by atoms with van der Waals surface area (Å²) in [6, 6.07) is 12.5. The van der Waals surface area contributed by atoms with Gasteiger partial charge in [-0.25, -0.2) is 4.79 Å². The van der Waals surface area contributed by atoms with Crippen LogP contribution in [0.5, 0.6) is 11.5 Å². The van der Waals surface area contributed by atoms with Crippen molar-refractivity contribution < 1.29 is 29.0 Å². The van der Waals surface area contributed by atoms with Crippen molar-refractivity contribution in [3.8, 4) is 11.5 Å². The molecule has 1 aliphatic rings. The Hall–Kier alpha value is -3.55. The van der Waals surface area contributed by atoms with Crippen LogP contribution in [0, 0.1) is 0 Å². The van der Waals surface area contributed by atoms with Gasteiger partial charge in [-0.05, 0) is 55.8 Å². The minimum Gasteiger partial charge on any atom is -0.508 e. The normalized spacial score (nSPS) is 14.0. The van der Waals surface area contributed by atoms with E-state index < -0.39 is 6.16 Å². The second-order valence-corrected chi connectivity index (χ2v) is 6.80. The highest BCUT2D eigenvalue weighted by Crippen LogP contribution is 2.17. The number of carbonyl (C=O) groups excluding carboxylic acids is 3. The Balaban J connectivity index is 1.60. The van der Waals surface area contributed by atoms with Crippen molar-refractivity contribution in [3.05, 3.63) is 59.7 Å². The predicted molar refractivity (Wildman–Crippen MR) is 109 cm³/mol. The minimum atomic E-state index is -0.791. The van der Waals surface area contributed by atoms with E-state index in [4.69, 9.17) is 9.47 Å². The largest absolute Gasteiger partial charge is 0.513 e. The summed E-state index contributed by atoms with van der Waals surface area (Å²) in [7, 11) is 0. The molecule has 0 bridgehead atoms. The van der Waals surface area contributed by atoms with Gasteiger partial charge < -0.3 is 24.4 Å². The molecule has 8 nitrogen and oxygen atoms in total. The first-order chi connectivity index (χ1) is 14.5. The quantitative estimate of drug-likeness (QED) is 0.613. The molecule has 8 heteroatoms. The lowest BCUT2D eigenvalue weighted by atomic mass is 10.2. The van der Waals surface area contributed by atoms with E-state index in [1.54, 1.807) is 53.1 Å². The van der Waals surface area contributed by atoms with Crippen LogP contribution in [0.15, 0.2) is 48.5 Å². The van der Waals surface area contributed by atoms with E-state index in [1.165, 1.54) is 12.1 Å². The molecule has 2 amide bonds. The second-order valence-electron chi connectivity index (χ2n) is 6.80. The van der Waals surface area contributed by atoms with E-state index >= 15 is 0 Å². The van der Waals surface area contributed by atoms with Crippen molar-refractivity contribution in [1.29, 1.82) is 0 Å². The number of phenols is 1. The predicted octanol–water partition coefficient (Wildman–Crippen LogP) is 2.92. The fourth-order valence-corrected chi connectivity index (χ4v) is 3.24. The molecule has 1 fully saturated rings. The van der Waals surface area contributed by atoms with Crippen LogP contribution in [0.25, 0.3) is 0 Å². The molecule has 0 radical (unpaired) electrons. The van der Waals surface area contributed by atoms with E-state index in [2.05, 4.69) is 0 Å². The SMILES string of the molecule is CCOC(=O)Oc1ccc(C(=O)N2CCCN(C(=O)c3cccc(O)c3)CC2)cc1. The molecular weight excluding hydrogens is 388 g/mol. The van der Waals surface area contributed by atoms with Gasteiger partial charge in [0.05, 0.1) is 6.61 Å². The summed E-state index contributed by atoms with van der Waals surface area (Å²) in [4.78, 5) is 40.3. The monoisotopic (exact) mass is 412 g/mol. The number of hydrogen-bond acceptors (Lipinski definition) is 6. The Bertz CT molecular complexity index is 912. The summed E-state index contributed by atoms with van der Waals surface area (Å²) in [5, 5.41) is 9.59. The Morgan fingerprint density at radius 3 is 2.13 bits per heavy atom. The van der Waals surface area contributed by atoms with Crippen molar-refractivity contribution in [1.82, 2.24) is 9.80 Å². The fraction of sp³-hybridized carbons (Fsp3) is 0.318. The van der Waals surface area contributed by atoms with Crippen molar-refractivity contribution >= 4 is 18.0 Å². The highest BCUT2D eigenvalue weighted by Gasteiger charge is 2.24. The maximum atomic E-state index is 12.8. The summed E-state index contributed by atoms with van der Waals surface area (Å²) < 4.78 is 9.72. The number of benzene rings is 2. The molecule has 1 aliphatic heterocycles. The molecule has 0 aromatic heterocycles. The summed E-state index contributed by atoms with van der Waals surface area (Å²) in [6.45, 7) is 3.78. The zero-order chi connectivity index (χ0) is 21.5. The van der Waals surface area contributed by atoms with Crippen LogP contribution >= 0.6 is 0 Å². The molecule has 0 saturated carbocycles. The van der Waals surface area contributed by atoms with Crippen LogP contribution in [-0.2, 0) is 4.74 Å². The maximum Gasteiger partial charge on any atom is 0.513 e. The van der Waals surface area contributed by atoms with E-state index in [0.29, 0.717) is 49.5 Å². The van der Waals surface area contributed by atoms with Gasteiger partial charge in [0.15, 0.2) is 0 Å². The van der Waals surface area contributed by atoms with Crippen LogP contribution in [0.1, 0.15) is 34.1 Å². The third kappa shape index (κ3) is 5.28. The first kappa shape index (κ1) is 21.2. The summed E-state index contributed by atoms with van der Waals surface area (Å²) in [5.41, 5.74) is 0.894. The first-order valence-corrected chi connectivity index (χ1v) is 9.80. The standard InChI is InChI=1S/C22H24N2O6/c1-2-29-22(28)30-19-9-7-16(8-10-19)20(26)23-11-4-12-24(14-13-23)21(27)17-5-3-6-18(25)15-17/h3,5-10,15,25H,2,4,11-14H2,1H3. The fourth-order valence-electron chi connectivity index (χ4n) is 3.24. The molecule has 1 heterocycles. The third-order valence-corrected chi connectivity index (χ3v) is 4.73. The zero-order valence-corrected chi connectivity index (χ0v) is 16.7. The van der Waals surface area contributed by atoms with Crippen LogP contribution < -0.4 is 4.74 Å². The molecule has 0 atom stereocenters. The van der Waals surface area contributed by atoms with Gasteiger partial charge in [0.1, 0.15) is 11.5 Å². The smallest absolute Gasteiger partial charge is 0.508 e. The number of amides is 2. The molecule has 1 N–H and O–H groups in total. The molecule has 3 rings (SSSR count). The summed E-state index contributed by atoms with van der Waals surface area (Å²) in [5.74, 6) is 0.0246. The van der Waals surface area contributed by atoms with Gasteiger partial charge in [0.2, 0.25) is 0 Å². The summed E-state index contributed by atoms with van der Waals surface area (Å²) in [6.07, 6.45) is -0.138. The Morgan fingerprint density at radius 1 is 0.900 bits per heavy atom. The average Bonchev–Trinajstić information content (AvgIpc) is 3.00. The lowest BCUT2D eigenvalue weighted by molar-refractivity contribution is 0.0718. The Morgan fingerprint density at radius 2 is 1.53 bits per heavy atom. The van der Waals surface area contributed by atoms with Crippen LogP contribution in [0.4, 0.5) is 4.79 Å². The highest BCUT2D eigenvalue weighted by atomic mass is 16.7. The topological polar surface area (TPSA) is 96.4 Å². The molecule has 30 heavy (non-hydrogen) atoms. The number of ether oxygens (including phenoxy) is 2. The number of carbonyl (C=O) groups is 3. The van der Waals surface area contributed by atoms with Gasteiger partial charge in [-0.1, -0.05) is 6.07 Å². The minimum absolute atomic E-state index is 0.0443. The average molecular weight is 412 g/mol. The van der Waals surface area contributed by atoms with Crippen molar-refractivity contribution in [2.24, 2.45) is 0 Å². The van der Waals surface area contributed by atoms with E-state index in [1.807, 2.05) is 0 Å². The van der Waals surface area contributed by atoms with Crippen LogP contribution in [-0.4, -0.2) is 65.7 Å². The molecular formula is C22H24N2O6.